The highest BCUT2D eigenvalue weighted by Gasteiger charge is 2.29. The summed E-state index contributed by atoms with van der Waals surface area (Å²) >= 11 is 1.69. The molecular weight excluding hydrogens is 256 g/mol. The van der Waals surface area contributed by atoms with E-state index < -0.39 is 0 Å². The van der Waals surface area contributed by atoms with Crippen molar-refractivity contribution >= 4 is 33.3 Å². The summed E-state index contributed by atoms with van der Waals surface area (Å²) in [6.07, 6.45) is 2.48. The molecule has 2 aromatic heterocycles. The van der Waals surface area contributed by atoms with Crippen LogP contribution in [-0.2, 0) is 0 Å². The summed E-state index contributed by atoms with van der Waals surface area (Å²) in [6.45, 7) is 7.74. The van der Waals surface area contributed by atoms with Crippen molar-refractivity contribution < 1.29 is 0 Å². The molecule has 19 heavy (non-hydrogen) atoms. The topological polar surface area (TPSA) is 55.0 Å². The first-order chi connectivity index (χ1) is 9.06. The monoisotopic (exact) mass is 276 g/mol. The quantitative estimate of drug-likeness (QED) is 0.915. The molecule has 4 nitrogen and oxygen atoms in total. The fourth-order valence-corrected chi connectivity index (χ4v) is 3.89. The van der Waals surface area contributed by atoms with E-state index in [0.29, 0.717) is 17.9 Å². The molecule has 102 valence electrons. The van der Waals surface area contributed by atoms with Gasteiger partial charge in [0.1, 0.15) is 10.6 Å². The zero-order valence-corrected chi connectivity index (χ0v) is 12.5. The summed E-state index contributed by atoms with van der Waals surface area (Å²) in [5.41, 5.74) is 5.88. The minimum Gasteiger partial charge on any atom is -0.368 e. The lowest BCUT2D eigenvalue weighted by Gasteiger charge is -2.29. The first-order valence-corrected chi connectivity index (χ1v) is 7.68. The largest absolute Gasteiger partial charge is 0.368 e. The van der Waals surface area contributed by atoms with E-state index in [1.165, 1.54) is 17.7 Å². The number of thiophene rings is 1. The molecule has 0 radical (unpaired) electrons. The smallest absolute Gasteiger partial charge is 0.223 e. The number of aryl methyl sites for hydroxylation is 1. The number of nitrogens with zero attached hydrogens (tertiary/aromatic N) is 3. The van der Waals surface area contributed by atoms with Gasteiger partial charge >= 0.3 is 0 Å². The molecule has 0 saturated carbocycles. The molecule has 2 aromatic rings. The third kappa shape index (κ3) is 2.16. The van der Waals surface area contributed by atoms with Crippen molar-refractivity contribution in [3.8, 4) is 0 Å². The molecule has 1 saturated heterocycles. The molecule has 0 bridgehead atoms. The third-order valence-corrected chi connectivity index (χ3v) is 4.80. The SMILES string of the molecule is Cc1cc2c(N3CCCC3C(C)C)nc(N)nc2s1. The van der Waals surface area contributed by atoms with E-state index in [1.807, 2.05) is 0 Å². The molecule has 3 heterocycles. The average molecular weight is 276 g/mol. The summed E-state index contributed by atoms with van der Waals surface area (Å²) in [7, 11) is 0. The maximum absolute atomic E-state index is 5.88. The number of rotatable bonds is 2. The number of anilines is 2. The van der Waals surface area contributed by atoms with Crippen molar-refractivity contribution in [2.24, 2.45) is 5.92 Å². The molecule has 3 rings (SSSR count). The van der Waals surface area contributed by atoms with Crippen LogP contribution < -0.4 is 10.6 Å². The molecule has 0 aromatic carbocycles. The molecular formula is C14H20N4S. The third-order valence-electron chi connectivity index (χ3n) is 3.85. The highest BCUT2D eigenvalue weighted by atomic mass is 32.1. The molecule has 1 atom stereocenters. The van der Waals surface area contributed by atoms with E-state index in [4.69, 9.17) is 5.73 Å². The van der Waals surface area contributed by atoms with Gasteiger partial charge in [0.05, 0.1) is 5.39 Å². The molecule has 2 N–H and O–H groups in total. The van der Waals surface area contributed by atoms with Gasteiger partial charge in [-0.1, -0.05) is 13.8 Å². The Kier molecular flexibility index (Phi) is 3.09. The summed E-state index contributed by atoms with van der Waals surface area (Å²) in [5, 5.41) is 1.16. The Morgan fingerprint density at radius 2 is 2.21 bits per heavy atom. The summed E-state index contributed by atoms with van der Waals surface area (Å²) in [6, 6.07) is 2.75. The lowest BCUT2D eigenvalue weighted by molar-refractivity contribution is 0.490. The van der Waals surface area contributed by atoms with Gasteiger partial charge in [-0.15, -0.1) is 11.3 Å². The van der Waals surface area contributed by atoms with Gasteiger partial charge in [-0.3, -0.25) is 0 Å². The molecule has 1 unspecified atom stereocenters. The number of nitrogen functional groups attached to an aromatic ring is 1. The standard InChI is InChI=1S/C14H20N4S/c1-8(2)11-5-4-6-18(11)12-10-7-9(3)19-13(10)17-14(15)16-12/h7-8,11H,4-6H2,1-3H3,(H2,15,16,17). The maximum Gasteiger partial charge on any atom is 0.223 e. The lowest BCUT2D eigenvalue weighted by atomic mass is 10.0. The Morgan fingerprint density at radius 3 is 2.95 bits per heavy atom. The van der Waals surface area contributed by atoms with Crippen LogP contribution in [0.2, 0.25) is 0 Å². The predicted molar refractivity (Wildman–Crippen MR) is 81.8 cm³/mol. The van der Waals surface area contributed by atoms with Crippen molar-refractivity contribution in [2.75, 3.05) is 17.2 Å². The minimum absolute atomic E-state index is 0.388. The second-order valence-electron chi connectivity index (χ2n) is 5.63. The second kappa shape index (κ2) is 4.63. The number of hydrogen-bond donors (Lipinski definition) is 1. The van der Waals surface area contributed by atoms with Gasteiger partial charge < -0.3 is 10.6 Å². The highest BCUT2D eigenvalue weighted by molar-refractivity contribution is 7.18. The molecule has 1 aliphatic rings. The fourth-order valence-electron chi connectivity index (χ4n) is 3.01. The maximum atomic E-state index is 5.88. The summed E-state index contributed by atoms with van der Waals surface area (Å²) in [4.78, 5) is 13.6. The van der Waals surface area contributed by atoms with Crippen LogP contribution in [0.1, 0.15) is 31.6 Å². The minimum atomic E-state index is 0.388. The van der Waals surface area contributed by atoms with Crippen LogP contribution >= 0.6 is 11.3 Å². The van der Waals surface area contributed by atoms with Gasteiger partial charge in [0.15, 0.2) is 0 Å². The lowest BCUT2D eigenvalue weighted by Crippen LogP contribution is -2.34. The summed E-state index contributed by atoms with van der Waals surface area (Å²) in [5.74, 6) is 2.05. The summed E-state index contributed by atoms with van der Waals surface area (Å²) < 4.78 is 0. The van der Waals surface area contributed by atoms with Crippen molar-refractivity contribution in [3.05, 3.63) is 10.9 Å². The van der Waals surface area contributed by atoms with Crippen molar-refractivity contribution in [1.29, 1.82) is 0 Å². The van der Waals surface area contributed by atoms with Crippen LogP contribution in [0.15, 0.2) is 6.07 Å². The van der Waals surface area contributed by atoms with Crippen LogP contribution in [0.4, 0.5) is 11.8 Å². The van der Waals surface area contributed by atoms with Crippen molar-refractivity contribution in [3.63, 3.8) is 0 Å². The van der Waals surface area contributed by atoms with Crippen molar-refractivity contribution in [1.82, 2.24) is 9.97 Å². The number of fused-ring (bicyclic) bond motifs is 1. The van der Waals surface area contributed by atoms with E-state index in [2.05, 4.69) is 41.7 Å². The van der Waals surface area contributed by atoms with Gasteiger partial charge in [-0.05, 0) is 31.7 Å². The van der Waals surface area contributed by atoms with E-state index in [0.717, 1.165) is 22.6 Å². The molecule has 0 amide bonds. The number of hydrogen-bond acceptors (Lipinski definition) is 5. The normalized spacial score (nSPS) is 19.8. The first-order valence-electron chi connectivity index (χ1n) is 6.86. The second-order valence-corrected chi connectivity index (χ2v) is 6.86. The zero-order valence-electron chi connectivity index (χ0n) is 11.7. The number of nitrogens with two attached hydrogens (primary N) is 1. The van der Waals surface area contributed by atoms with Gasteiger partial charge in [-0.25, -0.2) is 4.98 Å². The van der Waals surface area contributed by atoms with E-state index in [9.17, 15) is 0 Å². The molecule has 5 heteroatoms. The van der Waals surface area contributed by atoms with Gasteiger partial charge in [0, 0.05) is 17.5 Å². The van der Waals surface area contributed by atoms with Gasteiger partial charge in [0.25, 0.3) is 0 Å². The molecule has 0 aliphatic carbocycles. The molecule has 1 fully saturated rings. The first kappa shape index (κ1) is 12.7. The Balaban J connectivity index is 2.13. The Hall–Kier alpha value is -1.36. The molecule has 1 aliphatic heterocycles. The predicted octanol–water partition coefficient (Wildman–Crippen LogP) is 3.21. The van der Waals surface area contributed by atoms with Crippen LogP contribution in [0.25, 0.3) is 10.2 Å². The van der Waals surface area contributed by atoms with Crippen molar-refractivity contribution in [2.45, 2.75) is 39.7 Å². The average Bonchev–Trinajstić information content (AvgIpc) is 2.92. The molecule has 0 spiro atoms. The van der Waals surface area contributed by atoms with Gasteiger partial charge in [-0.2, -0.15) is 4.98 Å². The van der Waals surface area contributed by atoms with Crippen LogP contribution in [0.3, 0.4) is 0 Å². The Labute approximate surface area is 117 Å². The van der Waals surface area contributed by atoms with Crippen LogP contribution in [0.5, 0.6) is 0 Å². The van der Waals surface area contributed by atoms with E-state index in [-0.39, 0.29) is 0 Å². The fraction of sp³-hybridized carbons (Fsp3) is 0.571. The zero-order chi connectivity index (χ0) is 13.6. The Bertz CT molecular complexity index is 605. The highest BCUT2D eigenvalue weighted by Crippen LogP contribution is 2.36. The van der Waals surface area contributed by atoms with Crippen LogP contribution in [0, 0.1) is 12.8 Å². The van der Waals surface area contributed by atoms with E-state index in [1.54, 1.807) is 11.3 Å². The van der Waals surface area contributed by atoms with Crippen LogP contribution in [-0.4, -0.2) is 22.6 Å². The van der Waals surface area contributed by atoms with E-state index >= 15 is 0 Å². The Morgan fingerprint density at radius 1 is 1.42 bits per heavy atom. The number of aromatic nitrogens is 2. The van der Waals surface area contributed by atoms with Gasteiger partial charge in [0.2, 0.25) is 5.95 Å².